The number of rotatable bonds is 2. The average Bonchev–Trinajstić information content (AvgIpc) is 2.72. The molecule has 0 amide bonds. The van der Waals surface area contributed by atoms with E-state index in [1.165, 1.54) is 0 Å². The molecule has 4 nitrogen and oxygen atoms in total. The summed E-state index contributed by atoms with van der Waals surface area (Å²) in [7, 11) is 0. The number of halogens is 1. The summed E-state index contributed by atoms with van der Waals surface area (Å²) in [6.45, 7) is 0. The predicted octanol–water partition coefficient (Wildman–Crippen LogP) is 4.64. The fourth-order valence-corrected chi connectivity index (χ4v) is 4.09. The minimum atomic E-state index is -1.64. The van der Waals surface area contributed by atoms with Crippen molar-refractivity contribution < 1.29 is 9.35 Å². The van der Waals surface area contributed by atoms with Crippen LogP contribution in [0.4, 0.5) is 5.69 Å². The van der Waals surface area contributed by atoms with Gasteiger partial charge in [0, 0.05) is 35.5 Å². The molecule has 1 aromatic heterocycles. The second-order valence-electron chi connectivity index (χ2n) is 6.36. The summed E-state index contributed by atoms with van der Waals surface area (Å²) in [5.41, 5.74) is 3.51. The second-order valence-corrected chi connectivity index (χ2v) is 7.98. The summed E-state index contributed by atoms with van der Waals surface area (Å²) in [6.07, 6.45) is 5.65. The van der Waals surface area contributed by atoms with Gasteiger partial charge >= 0.3 is 0 Å². The molecule has 142 valence electrons. The summed E-state index contributed by atoms with van der Waals surface area (Å²) < 4.78 is 15.4. The Kier molecular flexibility index (Phi) is 5.68. The van der Waals surface area contributed by atoms with Crippen LogP contribution >= 0.6 is 11.6 Å². The van der Waals surface area contributed by atoms with Gasteiger partial charge in [-0.25, -0.2) is 4.72 Å². The quantitative estimate of drug-likeness (QED) is 0.374. The molecule has 1 N–H and O–H groups in total. The molecule has 2 heterocycles. The highest BCUT2D eigenvalue weighted by Gasteiger charge is 2.33. The lowest BCUT2D eigenvalue weighted by Crippen LogP contribution is -2.27. The normalized spacial score (nSPS) is 16.6. The van der Waals surface area contributed by atoms with Crippen molar-refractivity contribution >= 4 is 40.5 Å². The van der Waals surface area contributed by atoms with Gasteiger partial charge < -0.3 is 4.55 Å². The van der Waals surface area contributed by atoms with E-state index in [1.807, 2.05) is 18.2 Å². The molecule has 0 aliphatic carbocycles. The number of carbonyl (C=O) groups excluding carboxylic acids is 1. The molecule has 0 saturated heterocycles. The van der Waals surface area contributed by atoms with Crippen molar-refractivity contribution in [2.75, 3.05) is 4.72 Å². The Labute approximate surface area is 177 Å². The van der Waals surface area contributed by atoms with E-state index in [0.717, 1.165) is 11.1 Å². The Balaban J connectivity index is 1.61. The van der Waals surface area contributed by atoms with Crippen LogP contribution in [-0.2, 0) is 17.8 Å². The van der Waals surface area contributed by atoms with Gasteiger partial charge in [0.2, 0.25) is 10.7 Å². The van der Waals surface area contributed by atoms with Crippen LogP contribution in [-0.4, -0.2) is 15.3 Å². The molecule has 1 atom stereocenters. The molecule has 0 saturated carbocycles. The highest BCUT2D eigenvalue weighted by Crippen LogP contribution is 2.31. The predicted molar refractivity (Wildman–Crippen MR) is 117 cm³/mol. The Morgan fingerprint density at radius 2 is 1.97 bits per heavy atom. The number of allylic oxidation sites excluding steroid dienone is 1. The Bertz CT molecular complexity index is 1170. The minimum absolute atomic E-state index is 0.182. The first-order valence-corrected chi connectivity index (χ1v) is 10.4. The standard InChI is InChI=1S/C23H15ClN2O2S/c24-19-6-2-5-18(13-19)15-22-23(27)20-14-17(7-8-21(20)26-29(22)28)4-1-3-16-9-11-25-12-10-16/h2,5-15,26H,3H2/b22-15-. The number of fused-ring (bicyclic) bond motifs is 1. The van der Waals surface area contributed by atoms with Gasteiger partial charge in [-0.1, -0.05) is 35.6 Å². The molecule has 6 heteroatoms. The maximum atomic E-state index is 13.0. The average molecular weight is 419 g/mol. The highest BCUT2D eigenvalue weighted by molar-refractivity contribution is 7.97. The lowest BCUT2D eigenvalue weighted by molar-refractivity contribution is 0.104. The van der Waals surface area contributed by atoms with Crippen LogP contribution in [0.15, 0.2) is 71.9 Å². The van der Waals surface area contributed by atoms with Crippen molar-refractivity contribution in [3.8, 4) is 11.8 Å². The second kappa shape index (κ2) is 8.54. The summed E-state index contributed by atoms with van der Waals surface area (Å²) in [5, 5.41) is 0.550. The Morgan fingerprint density at radius 3 is 2.76 bits per heavy atom. The fourth-order valence-electron chi connectivity index (χ4n) is 2.89. The maximum absolute atomic E-state index is 13.0. The van der Waals surface area contributed by atoms with Gasteiger partial charge in [0.25, 0.3) is 0 Å². The lowest BCUT2D eigenvalue weighted by atomic mass is 10.0. The van der Waals surface area contributed by atoms with E-state index < -0.39 is 11.4 Å². The van der Waals surface area contributed by atoms with Crippen molar-refractivity contribution in [3.63, 3.8) is 0 Å². The van der Waals surface area contributed by atoms with E-state index in [1.54, 1.807) is 54.9 Å². The molecule has 0 fully saturated rings. The zero-order valence-electron chi connectivity index (χ0n) is 15.2. The molecule has 1 aliphatic rings. The van der Waals surface area contributed by atoms with Crippen LogP contribution < -0.4 is 4.72 Å². The van der Waals surface area contributed by atoms with Crippen molar-refractivity contribution in [1.82, 2.24) is 4.98 Å². The monoisotopic (exact) mass is 418 g/mol. The molecule has 3 aromatic rings. The molecule has 0 spiro atoms. The largest absolute Gasteiger partial charge is 0.588 e. The third kappa shape index (κ3) is 4.52. The van der Waals surface area contributed by atoms with Gasteiger partial charge in [-0.15, -0.1) is 0 Å². The van der Waals surface area contributed by atoms with Gasteiger partial charge in [-0.3, -0.25) is 9.78 Å². The van der Waals surface area contributed by atoms with Crippen molar-refractivity contribution in [2.24, 2.45) is 0 Å². The summed E-state index contributed by atoms with van der Waals surface area (Å²) in [4.78, 5) is 17.1. The van der Waals surface area contributed by atoms with E-state index in [9.17, 15) is 9.35 Å². The highest BCUT2D eigenvalue weighted by atomic mass is 35.5. The summed E-state index contributed by atoms with van der Waals surface area (Å²) >= 11 is 4.37. The molecule has 4 rings (SSSR count). The molecule has 0 bridgehead atoms. The maximum Gasteiger partial charge on any atom is 0.245 e. The zero-order chi connectivity index (χ0) is 20.2. The number of carbonyl (C=O) groups is 1. The van der Waals surface area contributed by atoms with Crippen LogP contribution in [0.25, 0.3) is 6.08 Å². The molecular weight excluding hydrogens is 404 g/mol. The molecule has 1 unspecified atom stereocenters. The molecule has 29 heavy (non-hydrogen) atoms. The summed E-state index contributed by atoms with van der Waals surface area (Å²) in [6, 6.07) is 16.1. The van der Waals surface area contributed by atoms with Gasteiger partial charge in [0.1, 0.15) is 11.4 Å². The van der Waals surface area contributed by atoms with Crippen molar-refractivity contribution in [1.29, 1.82) is 0 Å². The van der Waals surface area contributed by atoms with E-state index in [-0.39, 0.29) is 10.7 Å². The SMILES string of the molecule is O=C1/C(=C/c2cccc(Cl)c2)[S+]([O-])Nc2ccc(C#CCc3ccncc3)cc21. The number of nitrogens with one attached hydrogen (secondary N) is 1. The third-order valence-corrected chi connectivity index (χ3v) is 5.65. The lowest BCUT2D eigenvalue weighted by Gasteiger charge is -2.21. The zero-order valence-corrected chi connectivity index (χ0v) is 16.8. The number of hydrogen-bond acceptors (Lipinski definition) is 4. The van der Waals surface area contributed by atoms with Crippen molar-refractivity contribution in [3.05, 3.63) is 99.2 Å². The van der Waals surface area contributed by atoms with Gasteiger partial charge in [0.15, 0.2) is 0 Å². The number of hydrogen-bond donors (Lipinski definition) is 1. The van der Waals surface area contributed by atoms with E-state index >= 15 is 0 Å². The number of anilines is 1. The number of pyridine rings is 1. The van der Waals surface area contributed by atoms with Crippen LogP contribution in [0, 0.1) is 11.8 Å². The minimum Gasteiger partial charge on any atom is -0.588 e. The Hall–Kier alpha value is -3.04. The van der Waals surface area contributed by atoms with Gasteiger partial charge in [0.05, 0.1) is 11.3 Å². The number of nitrogens with zero attached hydrogens (tertiary/aromatic N) is 1. The van der Waals surface area contributed by atoms with Crippen LogP contribution in [0.5, 0.6) is 0 Å². The van der Waals surface area contributed by atoms with Crippen molar-refractivity contribution in [2.45, 2.75) is 6.42 Å². The van der Waals surface area contributed by atoms with E-state index in [2.05, 4.69) is 21.5 Å². The van der Waals surface area contributed by atoms with Gasteiger partial charge in [-0.05, 0) is 53.6 Å². The number of ketones is 1. The number of benzene rings is 2. The van der Waals surface area contributed by atoms with E-state index in [4.69, 9.17) is 11.6 Å². The van der Waals surface area contributed by atoms with Crippen LogP contribution in [0.3, 0.4) is 0 Å². The first-order chi connectivity index (χ1) is 14.1. The first kappa shape index (κ1) is 19.3. The third-order valence-electron chi connectivity index (χ3n) is 4.31. The van der Waals surface area contributed by atoms with E-state index in [0.29, 0.717) is 28.3 Å². The van der Waals surface area contributed by atoms with Crippen LogP contribution in [0.2, 0.25) is 5.02 Å². The Morgan fingerprint density at radius 1 is 1.14 bits per heavy atom. The number of aromatic nitrogens is 1. The molecule has 1 aliphatic heterocycles. The molecule has 2 aromatic carbocycles. The fraction of sp³-hybridized carbons (Fsp3) is 0.0435. The molecular formula is C23H15ClN2O2S. The van der Waals surface area contributed by atoms with Crippen LogP contribution in [0.1, 0.15) is 27.0 Å². The first-order valence-electron chi connectivity index (χ1n) is 8.82. The van der Waals surface area contributed by atoms with Gasteiger partial charge in [-0.2, -0.15) is 0 Å². The topological polar surface area (TPSA) is 65.0 Å². The summed E-state index contributed by atoms with van der Waals surface area (Å²) in [5.74, 6) is 5.91. The number of Topliss-reactive ketones (excluding diaryl/α,β-unsaturated/α-hetero) is 1. The molecule has 0 radical (unpaired) electrons. The smallest absolute Gasteiger partial charge is 0.245 e.